The Hall–Kier alpha value is -2.18. The van der Waals surface area contributed by atoms with Crippen LogP contribution >= 0.6 is 0 Å². The van der Waals surface area contributed by atoms with Crippen LogP contribution in [0.5, 0.6) is 0 Å². The van der Waals surface area contributed by atoms with E-state index in [1.54, 1.807) is 30.3 Å². The van der Waals surface area contributed by atoms with Gasteiger partial charge < -0.3 is 10.2 Å². The van der Waals surface area contributed by atoms with Crippen molar-refractivity contribution in [1.29, 1.82) is 0 Å². The summed E-state index contributed by atoms with van der Waals surface area (Å²) in [6.07, 6.45) is 5.17. The van der Waals surface area contributed by atoms with E-state index in [2.05, 4.69) is 44.0 Å². The standard InChI is InChI=1S/C11H17N7/c1-4-17(5-2)10-14-9(12-3)15-11(16-10)18-7-6-13-8-18/h6-8H,4-5H2,1-3H3,(H,12,14,15,16). The fourth-order valence-corrected chi connectivity index (χ4v) is 1.61. The average Bonchev–Trinajstić information content (AvgIpc) is 2.94. The highest BCUT2D eigenvalue weighted by atomic mass is 15.3. The first-order valence-electron chi connectivity index (χ1n) is 5.95. The van der Waals surface area contributed by atoms with Gasteiger partial charge in [0.05, 0.1) is 0 Å². The summed E-state index contributed by atoms with van der Waals surface area (Å²) >= 11 is 0. The minimum absolute atomic E-state index is 0.551. The molecule has 2 heterocycles. The molecule has 0 aliphatic rings. The maximum Gasteiger partial charge on any atom is 0.241 e. The molecule has 0 bridgehead atoms. The lowest BCUT2D eigenvalue weighted by Crippen LogP contribution is -2.25. The van der Waals surface area contributed by atoms with Crippen molar-refractivity contribution >= 4 is 11.9 Å². The molecule has 0 atom stereocenters. The average molecular weight is 247 g/mol. The number of anilines is 2. The highest BCUT2D eigenvalue weighted by Gasteiger charge is 2.11. The van der Waals surface area contributed by atoms with Gasteiger partial charge in [-0.2, -0.15) is 15.0 Å². The fraction of sp³-hybridized carbons (Fsp3) is 0.455. The zero-order valence-corrected chi connectivity index (χ0v) is 10.8. The number of nitrogens with zero attached hydrogens (tertiary/aromatic N) is 6. The van der Waals surface area contributed by atoms with E-state index >= 15 is 0 Å². The molecule has 96 valence electrons. The monoisotopic (exact) mass is 247 g/mol. The topological polar surface area (TPSA) is 71.8 Å². The Kier molecular flexibility index (Phi) is 3.71. The third kappa shape index (κ3) is 2.39. The van der Waals surface area contributed by atoms with E-state index in [-0.39, 0.29) is 0 Å². The number of imidazole rings is 1. The predicted molar refractivity (Wildman–Crippen MR) is 70.1 cm³/mol. The molecule has 2 aromatic heterocycles. The molecule has 0 aromatic carbocycles. The summed E-state index contributed by atoms with van der Waals surface area (Å²) in [5.41, 5.74) is 0. The summed E-state index contributed by atoms with van der Waals surface area (Å²) in [5, 5.41) is 2.95. The first-order valence-corrected chi connectivity index (χ1v) is 5.95. The highest BCUT2D eigenvalue weighted by molar-refractivity contribution is 5.39. The molecule has 0 saturated carbocycles. The van der Waals surface area contributed by atoms with E-state index in [1.807, 2.05) is 0 Å². The van der Waals surface area contributed by atoms with Gasteiger partial charge in [0.25, 0.3) is 0 Å². The first kappa shape index (κ1) is 12.3. The molecule has 2 aromatic rings. The first-order chi connectivity index (χ1) is 8.78. The summed E-state index contributed by atoms with van der Waals surface area (Å²) in [6.45, 7) is 5.85. The summed E-state index contributed by atoms with van der Waals surface area (Å²) < 4.78 is 1.76. The normalized spacial score (nSPS) is 10.4. The number of rotatable bonds is 5. The van der Waals surface area contributed by atoms with Gasteiger partial charge in [0, 0.05) is 32.5 Å². The maximum absolute atomic E-state index is 4.45. The van der Waals surface area contributed by atoms with Crippen LogP contribution in [0.1, 0.15) is 13.8 Å². The van der Waals surface area contributed by atoms with Crippen molar-refractivity contribution in [3.8, 4) is 5.95 Å². The van der Waals surface area contributed by atoms with Gasteiger partial charge in [0.15, 0.2) is 0 Å². The lowest BCUT2D eigenvalue weighted by atomic mass is 10.5. The molecule has 1 N–H and O–H groups in total. The van der Waals surface area contributed by atoms with Gasteiger partial charge in [0.1, 0.15) is 6.33 Å². The molecule has 7 heteroatoms. The van der Waals surface area contributed by atoms with E-state index in [9.17, 15) is 0 Å². The van der Waals surface area contributed by atoms with Crippen LogP contribution in [0.4, 0.5) is 11.9 Å². The Labute approximate surface area is 106 Å². The number of hydrogen-bond donors (Lipinski definition) is 1. The number of aromatic nitrogens is 5. The second kappa shape index (κ2) is 5.44. The van der Waals surface area contributed by atoms with Crippen molar-refractivity contribution in [2.24, 2.45) is 0 Å². The molecule has 0 fully saturated rings. The molecule has 7 nitrogen and oxygen atoms in total. The number of nitrogens with one attached hydrogen (secondary N) is 1. The molecule has 0 unspecified atom stereocenters. The Bertz CT molecular complexity index is 490. The molecule has 0 radical (unpaired) electrons. The summed E-state index contributed by atoms with van der Waals surface area (Å²) in [6, 6.07) is 0. The van der Waals surface area contributed by atoms with Crippen LogP contribution in [-0.2, 0) is 0 Å². The Morgan fingerprint density at radius 2 is 2.00 bits per heavy atom. The van der Waals surface area contributed by atoms with Crippen LogP contribution < -0.4 is 10.2 Å². The van der Waals surface area contributed by atoms with E-state index in [4.69, 9.17) is 0 Å². The van der Waals surface area contributed by atoms with E-state index in [0.717, 1.165) is 13.1 Å². The second-order valence-corrected chi connectivity index (χ2v) is 3.65. The van der Waals surface area contributed by atoms with Crippen molar-refractivity contribution in [3.63, 3.8) is 0 Å². The van der Waals surface area contributed by atoms with Crippen LogP contribution in [0.2, 0.25) is 0 Å². The molecular weight excluding hydrogens is 230 g/mol. The van der Waals surface area contributed by atoms with Crippen molar-refractivity contribution in [2.45, 2.75) is 13.8 Å². The van der Waals surface area contributed by atoms with Crippen LogP contribution in [-0.4, -0.2) is 44.6 Å². The third-order valence-electron chi connectivity index (χ3n) is 2.62. The lowest BCUT2D eigenvalue weighted by molar-refractivity contribution is 0.795. The van der Waals surface area contributed by atoms with Crippen LogP contribution in [0.3, 0.4) is 0 Å². The molecule has 0 saturated heterocycles. The zero-order valence-electron chi connectivity index (χ0n) is 10.8. The largest absolute Gasteiger partial charge is 0.357 e. The molecule has 0 aliphatic heterocycles. The van der Waals surface area contributed by atoms with Gasteiger partial charge in [-0.25, -0.2) is 4.98 Å². The van der Waals surface area contributed by atoms with Gasteiger partial charge in [-0.1, -0.05) is 0 Å². The van der Waals surface area contributed by atoms with Crippen LogP contribution in [0.15, 0.2) is 18.7 Å². The molecule has 2 rings (SSSR count). The Balaban J connectivity index is 2.45. The highest BCUT2D eigenvalue weighted by Crippen LogP contribution is 2.12. The molecule has 0 aliphatic carbocycles. The van der Waals surface area contributed by atoms with Crippen molar-refractivity contribution in [3.05, 3.63) is 18.7 Å². The Morgan fingerprint density at radius 3 is 2.56 bits per heavy atom. The number of hydrogen-bond acceptors (Lipinski definition) is 6. The molecule has 0 spiro atoms. The van der Waals surface area contributed by atoms with Gasteiger partial charge in [-0.15, -0.1) is 0 Å². The van der Waals surface area contributed by atoms with E-state index < -0.39 is 0 Å². The summed E-state index contributed by atoms with van der Waals surface area (Å²) in [4.78, 5) is 19.2. The smallest absolute Gasteiger partial charge is 0.241 e. The molecular formula is C11H17N7. The predicted octanol–water partition coefficient (Wildman–Crippen LogP) is 0.945. The SMILES string of the molecule is CCN(CC)c1nc(NC)nc(-n2ccnc2)n1. The molecule has 0 amide bonds. The maximum atomic E-state index is 4.45. The van der Waals surface area contributed by atoms with Crippen molar-refractivity contribution in [2.75, 3.05) is 30.4 Å². The van der Waals surface area contributed by atoms with Crippen LogP contribution in [0.25, 0.3) is 5.95 Å². The summed E-state index contributed by atoms with van der Waals surface area (Å²) in [7, 11) is 1.79. The van der Waals surface area contributed by atoms with Crippen molar-refractivity contribution in [1.82, 2.24) is 24.5 Å². The lowest BCUT2D eigenvalue weighted by Gasteiger charge is -2.19. The van der Waals surface area contributed by atoms with Crippen LogP contribution in [0, 0.1) is 0 Å². The summed E-state index contributed by atoms with van der Waals surface area (Å²) in [5.74, 6) is 1.78. The fourth-order valence-electron chi connectivity index (χ4n) is 1.61. The van der Waals surface area contributed by atoms with Crippen molar-refractivity contribution < 1.29 is 0 Å². The zero-order chi connectivity index (χ0) is 13.0. The van der Waals surface area contributed by atoms with Gasteiger partial charge in [-0.3, -0.25) is 4.57 Å². The minimum Gasteiger partial charge on any atom is -0.357 e. The van der Waals surface area contributed by atoms with Gasteiger partial charge in [-0.05, 0) is 13.8 Å². The van der Waals surface area contributed by atoms with E-state index in [1.165, 1.54) is 0 Å². The van der Waals surface area contributed by atoms with E-state index in [0.29, 0.717) is 17.8 Å². The minimum atomic E-state index is 0.551. The van der Waals surface area contributed by atoms with Gasteiger partial charge in [0.2, 0.25) is 17.8 Å². The van der Waals surface area contributed by atoms with Gasteiger partial charge >= 0.3 is 0 Å². The second-order valence-electron chi connectivity index (χ2n) is 3.65. The third-order valence-corrected chi connectivity index (χ3v) is 2.62. The Morgan fingerprint density at radius 1 is 1.22 bits per heavy atom. The molecule has 18 heavy (non-hydrogen) atoms. The quantitative estimate of drug-likeness (QED) is 0.848.